The molecule has 0 aliphatic rings. The van der Waals surface area contributed by atoms with Gasteiger partial charge in [0.05, 0.1) is 33.4 Å². The van der Waals surface area contributed by atoms with Gasteiger partial charge in [-0.1, -0.05) is 24.9 Å². The fraction of sp³-hybridized carbons (Fsp3) is 0.389. The molecular formula is C18H21ClN4OS2. The van der Waals surface area contributed by atoms with Crippen LogP contribution in [0.5, 0.6) is 0 Å². The third kappa shape index (κ3) is 4.16. The third-order valence-corrected chi connectivity index (χ3v) is 6.24. The second-order valence-electron chi connectivity index (χ2n) is 6.03. The number of nitrogens with zero attached hydrogens (tertiary/aromatic N) is 3. The minimum Gasteiger partial charge on any atom is -0.347 e. The van der Waals surface area contributed by atoms with Crippen LogP contribution in [0.4, 0.5) is 0 Å². The van der Waals surface area contributed by atoms with E-state index in [4.69, 9.17) is 11.6 Å². The summed E-state index contributed by atoms with van der Waals surface area (Å²) in [6.07, 6.45) is 2.03. The first-order chi connectivity index (χ1) is 12.5. The van der Waals surface area contributed by atoms with E-state index in [9.17, 15) is 4.79 Å². The highest BCUT2D eigenvalue weighted by Crippen LogP contribution is 2.29. The number of amides is 1. The molecule has 0 saturated carbocycles. The summed E-state index contributed by atoms with van der Waals surface area (Å²) < 4.78 is 1.71. The van der Waals surface area contributed by atoms with Crippen molar-refractivity contribution in [2.45, 2.75) is 46.7 Å². The lowest BCUT2D eigenvalue weighted by Crippen LogP contribution is -2.23. The average molecular weight is 409 g/mol. The number of nitrogens with one attached hydrogen (secondary N) is 1. The molecule has 26 heavy (non-hydrogen) atoms. The minimum absolute atomic E-state index is 0.185. The Labute approximate surface area is 166 Å². The summed E-state index contributed by atoms with van der Waals surface area (Å²) in [6.45, 7) is 7.11. The molecule has 5 nitrogen and oxygen atoms in total. The van der Waals surface area contributed by atoms with Crippen molar-refractivity contribution < 1.29 is 4.79 Å². The highest BCUT2D eigenvalue weighted by atomic mass is 35.5. The molecule has 0 bridgehead atoms. The number of halogens is 1. The van der Waals surface area contributed by atoms with Crippen molar-refractivity contribution in [2.75, 3.05) is 0 Å². The van der Waals surface area contributed by atoms with E-state index in [1.165, 1.54) is 0 Å². The molecule has 1 amide bonds. The molecule has 3 aromatic heterocycles. The quantitative estimate of drug-likeness (QED) is 0.593. The fourth-order valence-electron chi connectivity index (χ4n) is 2.61. The van der Waals surface area contributed by atoms with Gasteiger partial charge in [0.15, 0.2) is 0 Å². The van der Waals surface area contributed by atoms with E-state index in [1.54, 1.807) is 27.4 Å². The van der Waals surface area contributed by atoms with Crippen LogP contribution in [0.15, 0.2) is 17.5 Å². The van der Waals surface area contributed by atoms with Gasteiger partial charge in [-0.15, -0.1) is 22.7 Å². The summed E-state index contributed by atoms with van der Waals surface area (Å²) >= 11 is 9.64. The third-order valence-electron chi connectivity index (χ3n) is 3.97. The summed E-state index contributed by atoms with van der Waals surface area (Å²) in [4.78, 5) is 19.3. The van der Waals surface area contributed by atoms with Crippen LogP contribution in [0.2, 0.25) is 5.15 Å². The van der Waals surface area contributed by atoms with Gasteiger partial charge in [-0.25, -0.2) is 4.98 Å². The van der Waals surface area contributed by atoms with Crippen molar-refractivity contribution in [3.8, 4) is 10.6 Å². The molecule has 3 rings (SSSR count). The minimum atomic E-state index is -0.185. The monoisotopic (exact) mass is 408 g/mol. The Morgan fingerprint density at radius 1 is 1.35 bits per heavy atom. The second-order valence-corrected chi connectivity index (χ2v) is 8.62. The molecule has 3 heterocycles. The number of thiazole rings is 1. The van der Waals surface area contributed by atoms with Crippen LogP contribution in [-0.2, 0) is 13.1 Å². The molecule has 0 spiro atoms. The Balaban J connectivity index is 1.66. The summed E-state index contributed by atoms with van der Waals surface area (Å²) in [5.74, 6) is -0.185. The summed E-state index contributed by atoms with van der Waals surface area (Å²) in [5, 5.41) is 10.9. The van der Waals surface area contributed by atoms with Gasteiger partial charge in [0.25, 0.3) is 5.91 Å². The SMILES string of the molecule is CCCCn1nc(C)c(C(=O)NCc2ccc(-c3csc(C)n3)s2)c1Cl. The van der Waals surface area contributed by atoms with E-state index in [1.807, 2.05) is 26.0 Å². The molecule has 0 fully saturated rings. The highest BCUT2D eigenvalue weighted by molar-refractivity contribution is 7.16. The summed E-state index contributed by atoms with van der Waals surface area (Å²) in [7, 11) is 0. The molecular weight excluding hydrogens is 388 g/mol. The number of aryl methyl sites for hydroxylation is 3. The predicted octanol–water partition coefficient (Wildman–Crippen LogP) is 5.07. The Morgan fingerprint density at radius 2 is 2.15 bits per heavy atom. The van der Waals surface area contributed by atoms with Gasteiger partial charge in [0.2, 0.25) is 0 Å². The van der Waals surface area contributed by atoms with Crippen molar-refractivity contribution in [1.82, 2.24) is 20.1 Å². The zero-order valence-corrected chi connectivity index (χ0v) is 17.4. The molecule has 0 aliphatic carbocycles. The van der Waals surface area contributed by atoms with Crippen molar-refractivity contribution in [2.24, 2.45) is 0 Å². The Kier molecular flexibility index (Phi) is 6.11. The maximum absolute atomic E-state index is 12.6. The van der Waals surface area contributed by atoms with Gasteiger partial charge in [0, 0.05) is 16.8 Å². The maximum atomic E-state index is 12.6. The molecule has 0 aliphatic heterocycles. The van der Waals surface area contributed by atoms with E-state index < -0.39 is 0 Å². The first kappa shape index (κ1) is 19.1. The number of carbonyl (C=O) groups excluding carboxylic acids is 1. The van der Waals surface area contributed by atoms with E-state index in [0.717, 1.165) is 39.8 Å². The number of aromatic nitrogens is 3. The molecule has 0 saturated heterocycles. The number of hydrogen-bond acceptors (Lipinski definition) is 5. The van der Waals surface area contributed by atoms with Gasteiger partial charge in [-0.3, -0.25) is 9.48 Å². The van der Waals surface area contributed by atoms with Crippen LogP contribution >= 0.6 is 34.3 Å². The Hall–Kier alpha value is -1.70. The second kappa shape index (κ2) is 8.33. The largest absolute Gasteiger partial charge is 0.347 e. The van der Waals surface area contributed by atoms with Crippen molar-refractivity contribution >= 4 is 40.2 Å². The number of carbonyl (C=O) groups is 1. The van der Waals surface area contributed by atoms with Gasteiger partial charge in [-0.2, -0.15) is 5.10 Å². The van der Waals surface area contributed by atoms with Crippen LogP contribution in [0, 0.1) is 13.8 Å². The zero-order chi connectivity index (χ0) is 18.7. The average Bonchev–Trinajstić information content (AvgIpc) is 3.31. The number of unbranched alkanes of at least 4 members (excludes halogenated alkanes) is 1. The summed E-state index contributed by atoms with van der Waals surface area (Å²) in [6, 6.07) is 4.07. The van der Waals surface area contributed by atoms with Crippen molar-refractivity contribution in [1.29, 1.82) is 0 Å². The normalized spacial score (nSPS) is 11.1. The summed E-state index contributed by atoms with van der Waals surface area (Å²) in [5.41, 5.74) is 2.12. The molecule has 0 unspecified atom stereocenters. The van der Waals surface area contributed by atoms with E-state index in [2.05, 4.69) is 27.7 Å². The lowest BCUT2D eigenvalue weighted by molar-refractivity contribution is 0.0951. The van der Waals surface area contributed by atoms with Crippen LogP contribution in [0.3, 0.4) is 0 Å². The lowest BCUT2D eigenvalue weighted by atomic mass is 10.2. The first-order valence-corrected chi connectivity index (χ1v) is 10.6. The van der Waals surface area contributed by atoms with Gasteiger partial charge >= 0.3 is 0 Å². The van der Waals surface area contributed by atoms with Crippen LogP contribution < -0.4 is 5.32 Å². The van der Waals surface area contributed by atoms with Gasteiger partial charge in [0.1, 0.15) is 5.15 Å². The molecule has 3 aromatic rings. The number of thiophene rings is 1. The number of rotatable bonds is 7. The van der Waals surface area contributed by atoms with Gasteiger partial charge < -0.3 is 5.32 Å². The molecule has 138 valence electrons. The highest BCUT2D eigenvalue weighted by Gasteiger charge is 2.20. The van der Waals surface area contributed by atoms with Crippen LogP contribution in [0.1, 0.15) is 45.7 Å². The van der Waals surface area contributed by atoms with Gasteiger partial charge in [-0.05, 0) is 32.4 Å². The standard InChI is InChI=1S/C18H21ClN4OS2/c1-4-5-8-23-17(19)16(11(2)22-23)18(24)20-9-13-6-7-15(26-13)14-10-25-12(3)21-14/h6-7,10H,4-5,8-9H2,1-3H3,(H,20,24). The molecule has 8 heteroatoms. The van der Waals surface area contributed by atoms with E-state index >= 15 is 0 Å². The number of hydrogen-bond donors (Lipinski definition) is 1. The first-order valence-electron chi connectivity index (χ1n) is 8.52. The predicted molar refractivity (Wildman–Crippen MR) is 108 cm³/mol. The molecule has 0 radical (unpaired) electrons. The zero-order valence-electron chi connectivity index (χ0n) is 15.0. The molecule has 0 atom stereocenters. The molecule has 1 N–H and O–H groups in total. The fourth-order valence-corrected chi connectivity index (χ4v) is 4.55. The van der Waals surface area contributed by atoms with E-state index in [-0.39, 0.29) is 5.91 Å². The van der Waals surface area contributed by atoms with E-state index in [0.29, 0.717) is 23.0 Å². The molecule has 0 aromatic carbocycles. The van der Waals surface area contributed by atoms with Crippen LogP contribution in [-0.4, -0.2) is 20.7 Å². The maximum Gasteiger partial charge on any atom is 0.256 e. The topological polar surface area (TPSA) is 59.8 Å². The Bertz CT molecular complexity index is 912. The van der Waals surface area contributed by atoms with Crippen LogP contribution in [0.25, 0.3) is 10.6 Å². The van der Waals surface area contributed by atoms with Crippen molar-refractivity contribution in [3.05, 3.63) is 43.8 Å². The smallest absolute Gasteiger partial charge is 0.256 e. The Morgan fingerprint density at radius 3 is 2.85 bits per heavy atom. The lowest BCUT2D eigenvalue weighted by Gasteiger charge is -2.04. The van der Waals surface area contributed by atoms with Crippen molar-refractivity contribution in [3.63, 3.8) is 0 Å².